The van der Waals surface area contributed by atoms with E-state index in [0.29, 0.717) is 18.6 Å². The van der Waals surface area contributed by atoms with E-state index in [1.807, 2.05) is 11.3 Å². The fourth-order valence-electron chi connectivity index (χ4n) is 2.98. The highest BCUT2D eigenvalue weighted by Crippen LogP contribution is 2.34. The molecule has 0 amide bonds. The summed E-state index contributed by atoms with van der Waals surface area (Å²) in [5.74, 6) is 0.684. The van der Waals surface area contributed by atoms with Crippen molar-refractivity contribution in [2.24, 2.45) is 5.92 Å². The van der Waals surface area contributed by atoms with Crippen LogP contribution in [-0.4, -0.2) is 31.2 Å². The Morgan fingerprint density at radius 2 is 2.29 bits per heavy atom. The topological polar surface area (TPSA) is 37.4 Å². The molecule has 1 N–H and O–H groups in total. The van der Waals surface area contributed by atoms with Crippen LogP contribution in [0.1, 0.15) is 50.6 Å². The molecule has 1 aromatic heterocycles. The zero-order chi connectivity index (χ0) is 15.2. The molecule has 0 saturated carbocycles. The van der Waals surface area contributed by atoms with Gasteiger partial charge in [-0.2, -0.15) is 0 Å². The molecule has 0 aliphatic carbocycles. The van der Waals surface area contributed by atoms with Crippen LogP contribution >= 0.6 is 11.3 Å². The summed E-state index contributed by atoms with van der Waals surface area (Å²) in [5.41, 5.74) is 1.11. The Bertz CT molecular complexity index is 433. The fourth-order valence-corrected chi connectivity index (χ4v) is 4.10. The first-order chi connectivity index (χ1) is 10.2. The van der Waals surface area contributed by atoms with Crippen molar-refractivity contribution in [2.45, 2.75) is 59.2 Å². The van der Waals surface area contributed by atoms with Gasteiger partial charge < -0.3 is 15.0 Å². The highest BCUT2D eigenvalue weighted by molar-refractivity contribution is 7.15. The summed E-state index contributed by atoms with van der Waals surface area (Å²) in [6.45, 7) is 10.5. The van der Waals surface area contributed by atoms with E-state index in [1.165, 1.54) is 22.9 Å². The summed E-state index contributed by atoms with van der Waals surface area (Å²) in [7, 11) is 1.75. The molecule has 1 unspecified atom stereocenters. The maximum atomic E-state index is 5.32. The number of ether oxygens (including phenoxy) is 1. The quantitative estimate of drug-likeness (QED) is 0.747. The second-order valence-electron chi connectivity index (χ2n) is 6.12. The maximum Gasteiger partial charge on any atom is 0.186 e. The van der Waals surface area contributed by atoms with Crippen LogP contribution in [0.25, 0.3) is 0 Å². The van der Waals surface area contributed by atoms with E-state index in [9.17, 15) is 0 Å². The smallest absolute Gasteiger partial charge is 0.186 e. The zero-order valence-corrected chi connectivity index (χ0v) is 14.6. The minimum atomic E-state index is 0.611. The van der Waals surface area contributed by atoms with Crippen molar-refractivity contribution in [3.63, 3.8) is 0 Å². The molecule has 0 spiro atoms. The molecule has 1 saturated heterocycles. The summed E-state index contributed by atoms with van der Waals surface area (Å²) < 4.78 is 5.32. The van der Waals surface area contributed by atoms with Gasteiger partial charge in [-0.3, -0.25) is 0 Å². The Morgan fingerprint density at radius 3 is 2.95 bits per heavy atom. The molecular weight excluding hydrogens is 282 g/mol. The van der Waals surface area contributed by atoms with Gasteiger partial charge in [0.25, 0.3) is 0 Å². The van der Waals surface area contributed by atoms with Gasteiger partial charge in [0.15, 0.2) is 5.13 Å². The van der Waals surface area contributed by atoms with E-state index in [0.717, 1.165) is 31.7 Å². The molecular formula is C16H29N3OS. The molecule has 0 radical (unpaired) electrons. The van der Waals surface area contributed by atoms with Crippen LogP contribution in [0.15, 0.2) is 0 Å². The van der Waals surface area contributed by atoms with Gasteiger partial charge in [0.2, 0.25) is 0 Å². The lowest BCUT2D eigenvalue weighted by molar-refractivity contribution is 0.181. The molecule has 1 aromatic rings. The van der Waals surface area contributed by atoms with Crippen LogP contribution in [0.5, 0.6) is 0 Å². The molecule has 5 heteroatoms. The number of rotatable bonds is 8. The van der Waals surface area contributed by atoms with Crippen LogP contribution in [0.4, 0.5) is 5.13 Å². The Kier molecular flexibility index (Phi) is 6.45. The average molecular weight is 311 g/mol. The SMILES string of the molecule is CCCNCc1sc(N2CCCC2C(C)C)nc1COC. The lowest BCUT2D eigenvalue weighted by Gasteiger charge is -2.27. The second-order valence-corrected chi connectivity index (χ2v) is 7.19. The molecule has 1 aliphatic rings. The first kappa shape index (κ1) is 16.7. The van der Waals surface area contributed by atoms with E-state index < -0.39 is 0 Å². The lowest BCUT2D eigenvalue weighted by Crippen LogP contribution is -2.33. The van der Waals surface area contributed by atoms with Crippen LogP contribution in [0.2, 0.25) is 0 Å². The number of hydrogen-bond donors (Lipinski definition) is 1. The van der Waals surface area contributed by atoms with E-state index in [2.05, 4.69) is 31.0 Å². The van der Waals surface area contributed by atoms with E-state index in [-0.39, 0.29) is 0 Å². The molecule has 1 fully saturated rings. The summed E-state index contributed by atoms with van der Waals surface area (Å²) >= 11 is 1.84. The second kappa shape index (κ2) is 8.11. The molecule has 1 aliphatic heterocycles. The van der Waals surface area contributed by atoms with Crippen molar-refractivity contribution in [3.8, 4) is 0 Å². The minimum absolute atomic E-state index is 0.611. The molecule has 2 rings (SSSR count). The van der Waals surface area contributed by atoms with Crippen molar-refractivity contribution in [3.05, 3.63) is 10.6 Å². The largest absolute Gasteiger partial charge is 0.378 e. The fraction of sp³-hybridized carbons (Fsp3) is 0.812. The van der Waals surface area contributed by atoms with Gasteiger partial charge in [-0.1, -0.05) is 20.8 Å². The minimum Gasteiger partial charge on any atom is -0.378 e. The van der Waals surface area contributed by atoms with Gasteiger partial charge in [0, 0.05) is 31.1 Å². The first-order valence-corrected chi connectivity index (χ1v) is 8.93. The van der Waals surface area contributed by atoms with Crippen LogP contribution in [0, 0.1) is 5.92 Å². The molecule has 0 aromatic carbocycles. The van der Waals surface area contributed by atoms with Gasteiger partial charge in [0.05, 0.1) is 12.3 Å². The van der Waals surface area contributed by atoms with E-state index in [1.54, 1.807) is 7.11 Å². The highest BCUT2D eigenvalue weighted by atomic mass is 32.1. The Labute approximate surface area is 132 Å². The van der Waals surface area contributed by atoms with Crippen molar-refractivity contribution in [1.82, 2.24) is 10.3 Å². The van der Waals surface area contributed by atoms with E-state index in [4.69, 9.17) is 9.72 Å². The molecule has 1 atom stereocenters. The van der Waals surface area contributed by atoms with Crippen molar-refractivity contribution < 1.29 is 4.74 Å². The van der Waals surface area contributed by atoms with Crippen molar-refractivity contribution >= 4 is 16.5 Å². The number of aromatic nitrogens is 1. The van der Waals surface area contributed by atoms with Gasteiger partial charge in [-0.05, 0) is 31.7 Å². The van der Waals surface area contributed by atoms with Gasteiger partial charge >= 0.3 is 0 Å². The number of hydrogen-bond acceptors (Lipinski definition) is 5. The zero-order valence-electron chi connectivity index (χ0n) is 13.8. The number of thiazole rings is 1. The third-order valence-electron chi connectivity index (χ3n) is 4.07. The van der Waals surface area contributed by atoms with Crippen molar-refractivity contribution in [1.29, 1.82) is 0 Å². The molecule has 21 heavy (non-hydrogen) atoms. The highest BCUT2D eigenvalue weighted by Gasteiger charge is 2.29. The maximum absolute atomic E-state index is 5.32. The number of nitrogens with zero attached hydrogens (tertiary/aromatic N) is 2. The predicted octanol–water partition coefficient (Wildman–Crippen LogP) is 3.41. The van der Waals surface area contributed by atoms with Gasteiger partial charge in [-0.15, -0.1) is 11.3 Å². The summed E-state index contributed by atoms with van der Waals surface area (Å²) in [6, 6.07) is 0.642. The van der Waals surface area contributed by atoms with Gasteiger partial charge in [-0.25, -0.2) is 4.98 Å². The summed E-state index contributed by atoms with van der Waals surface area (Å²) in [6.07, 6.45) is 3.73. The summed E-state index contributed by atoms with van der Waals surface area (Å²) in [4.78, 5) is 8.71. The Balaban J connectivity index is 2.13. The Hall–Kier alpha value is -0.650. The average Bonchev–Trinajstić information content (AvgIpc) is 3.06. The third-order valence-corrected chi connectivity index (χ3v) is 5.21. The molecule has 120 valence electrons. The van der Waals surface area contributed by atoms with Crippen molar-refractivity contribution in [2.75, 3.05) is 25.1 Å². The standard InChI is InChI=1S/C16H29N3OS/c1-5-8-17-10-15-13(11-20-4)18-16(21-15)19-9-6-7-14(19)12(2)3/h12,14,17H,5-11H2,1-4H3. The van der Waals surface area contributed by atoms with Crippen LogP contribution in [-0.2, 0) is 17.9 Å². The third kappa shape index (κ3) is 4.18. The molecule has 0 bridgehead atoms. The van der Waals surface area contributed by atoms with E-state index >= 15 is 0 Å². The summed E-state index contributed by atoms with van der Waals surface area (Å²) in [5, 5.41) is 4.67. The monoisotopic (exact) mass is 311 g/mol. The number of anilines is 1. The molecule has 2 heterocycles. The lowest BCUT2D eigenvalue weighted by atomic mass is 10.0. The number of methoxy groups -OCH3 is 1. The normalized spacial score (nSPS) is 18.9. The number of nitrogens with one attached hydrogen (secondary N) is 1. The predicted molar refractivity (Wildman–Crippen MR) is 90.0 cm³/mol. The first-order valence-electron chi connectivity index (χ1n) is 8.12. The van der Waals surface area contributed by atoms with Gasteiger partial charge in [0.1, 0.15) is 0 Å². The van der Waals surface area contributed by atoms with Crippen LogP contribution < -0.4 is 10.2 Å². The Morgan fingerprint density at radius 1 is 1.48 bits per heavy atom. The molecule has 4 nitrogen and oxygen atoms in total. The van der Waals surface area contributed by atoms with Crippen LogP contribution in [0.3, 0.4) is 0 Å².